The first kappa shape index (κ1) is 28.2. The Labute approximate surface area is 247 Å². The van der Waals surface area contributed by atoms with Crippen molar-refractivity contribution in [1.82, 2.24) is 0 Å². The molecular weight excluding hydrogens is 525 g/mol. The summed E-state index contributed by atoms with van der Waals surface area (Å²) in [5, 5.41) is 21.0. The van der Waals surface area contributed by atoms with Crippen molar-refractivity contribution in [3.05, 3.63) is 107 Å². The molecule has 2 aliphatic heterocycles. The SMILES string of the molecule is CC(C)C1=C2[C@@H](CC/C(=C/c3cccc(O)c3)c3ccccc3)OB(O)C[C@@H]2[C@@H]2C(=O)N(c3ccccc3)C(=O)[C@@H]2C1. The van der Waals surface area contributed by atoms with E-state index in [9.17, 15) is 19.7 Å². The van der Waals surface area contributed by atoms with Gasteiger partial charge in [-0.25, -0.2) is 0 Å². The number of hydrogen-bond acceptors (Lipinski definition) is 5. The fourth-order valence-corrected chi connectivity index (χ4v) is 7.14. The Hall–Kier alpha value is -3.94. The van der Waals surface area contributed by atoms with E-state index in [4.69, 9.17) is 4.65 Å². The predicted octanol–water partition coefficient (Wildman–Crippen LogP) is 6.37. The van der Waals surface area contributed by atoms with Crippen LogP contribution in [0.25, 0.3) is 11.6 Å². The van der Waals surface area contributed by atoms with Crippen molar-refractivity contribution in [3.8, 4) is 5.75 Å². The number of carbonyl (C=O) groups is 2. The molecule has 0 spiro atoms. The molecule has 3 aromatic rings. The number of hydrogen-bond donors (Lipinski definition) is 2. The van der Waals surface area contributed by atoms with Gasteiger partial charge >= 0.3 is 7.12 Å². The lowest BCUT2D eigenvalue weighted by atomic mass is 9.57. The molecule has 2 amide bonds. The number of anilines is 1. The third-order valence-electron chi connectivity index (χ3n) is 8.99. The first-order valence-corrected chi connectivity index (χ1v) is 14.9. The molecule has 2 heterocycles. The van der Waals surface area contributed by atoms with Gasteiger partial charge in [0.05, 0.1) is 23.6 Å². The first-order valence-electron chi connectivity index (χ1n) is 14.9. The van der Waals surface area contributed by atoms with E-state index in [0.717, 1.165) is 22.3 Å². The van der Waals surface area contributed by atoms with Crippen LogP contribution in [0.1, 0.15) is 44.2 Å². The van der Waals surface area contributed by atoms with E-state index in [1.165, 1.54) is 10.5 Å². The smallest absolute Gasteiger partial charge is 0.455 e. The second-order valence-corrected chi connectivity index (χ2v) is 11.9. The monoisotopic (exact) mass is 561 g/mol. The molecule has 0 radical (unpaired) electrons. The minimum atomic E-state index is -1.01. The molecule has 1 aliphatic carbocycles. The maximum atomic E-state index is 13.9. The van der Waals surface area contributed by atoms with Gasteiger partial charge in [-0.15, -0.1) is 0 Å². The summed E-state index contributed by atoms with van der Waals surface area (Å²) < 4.78 is 6.23. The van der Waals surface area contributed by atoms with Crippen molar-refractivity contribution in [2.45, 2.75) is 45.5 Å². The molecular formula is C35H36BNO5. The Morgan fingerprint density at radius 3 is 2.38 bits per heavy atom. The lowest BCUT2D eigenvalue weighted by Crippen LogP contribution is -2.46. The van der Waals surface area contributed by atoms with Crippen LogP contribution in [0.3, 0.4) is 0 Å². The molecule has 2 N–H and O–H groups in total. The van der Waals surface area contributed by atoms with Gasteiger partial charge in [0.2, 0.25) is 11.8 Å². The van der Waals surface area contributed by atoms with Crippen LogP contribution in [0.15, 0.2) is 96.1 Å². The first-order chi connectivity index (χ1) is 20.3. The van der Waals surface area contributed by atoms with Crippen molar-refractivity contribution in [1.29, 1.82) is 0 Å². The number of fused-ring (bicyclic) bond motifs is 3. The highest BCUT2D eigenvalue weighted by molar-refractivity contribution is 6.43. The number of phenols is 1. The molecule has 0 unspecified atom stereocenters. The summed E-state index contributed by atoms with van der Waals surface area (Å²) in [5.41, 5.74) is 5.93. The molecule has 6 rings (SSSR count). The number of benzene rings is 3. The van der Waals surface area contributed by atoms with Crippen molar-refractivity contribution in [2.24, 2.45) is 23.7 Å². The Morgan fingerprint density at radius 2 is 1.69 bits per heavy atom. The van der Waals surface area contributed by atoms with Crippen LogP contribution in [0.4, 0.5) is 5.69 Å². The maximum Gasteiger partial charge on any atom is 0.455 e. The van der Waals surface area contributed by atoms with Crippen LogP contribution < -0.4 is 4.90 Å². The van der Waals surface area contributed by atoms with E-state index in [1.807, 2.05) is 48.5 Å². The Morgan fingerprint density at radius 1 is 0.976 bits per heavy atom. The van der Waals surface area contributed by atoms with E-state index >= 15 is 0 Å². The molecule has 2 fully saturated rings. The fraction of sp³-hybridized carbons (Fsp3) is 0.314. The van der Waals surface area contributed by atoms with Gasteiger partial charge in [-0.1, -0.05) is 86.2 Å². The largest absolute Gasteiger partial charge is 0.508 e. The molecule has 3 aromatic carbocycles. The number of rotatable bonds is 7. The molecule has 7 heteroatoms. The van der Waals surface area contributed by atoms with Crippen LogP contribution in [0.5, 0.6) is 5.75 Å². The summed E-state index contributed by atoms with van der Waals surface area (Å²) in [6.45, 7) is 4.27. The summed E-state index contributed by atoms with van der Waals surface area (Å²) in [4.78, 5) is 29.0. The van der Waals surface area contributed by atoms with E-state index in [1.54, 1.807) is 24.3 Å². The average molecular weight is 561 g/mol. The van der Waals surface area contributed by atoms with Gasteiger partial charge in [-0.3, -0.25) is 14.5 Å². The number of imide groups is 1. The van der Waals surface area contributed by atoms with Gasteiger partial charge in [0.15, 0.2) is 0 Å². The van der Waals surface area contributed by atoms with Crippen molar-refractivity contribution in [2.75, 3.05) is 4.90 Å². The van der Waals surface area contributed by atoms with Crippen molar-refractivity contribution < 1.29 is 24.4 Å². The van der Waals surface area contributed by atoms with Gasteiger partial charge in [-0.05, 0) is 84.0 Å². The Balaban J connectivity index is 1.34. The molecule has 0 bridgehead atoms. The normalized spacial score (nSPS) is 24.3. The summed E-state index contributed by atoms with van der Waals surface area (Å²) in [6.07, 6.45) is 3.81. The number of para-hydroxylation sites is 1. The second-order valence-electron chi connectivity index (χ2n) is 11.9. The van der Waals surface area contributed by atoms with Gasteiger partial charge in [0.1, 0.15) is 5.75 Å². The zero-order valence-corrected chi connectivity index (χ0v) is 24.0. The zero-order valence-electron chi connectivity index (χ0n) is 24.0. The highest BCUT2D eigenvalue weighted by Crippen LogP contribution is 2.52. The van der Waals surface area contributed by atoms with Gasteiger partial charge in [0.25, 0.3) is 0 Å². The van der Waals surface area contributed by atoms with Crippen molar-refractivity contribution >= 4 is 36.3 Å². The molecule has 0 aromatic heterocycles. The fourth-order valence-electron chi connectivity index (χ4n) is 7.14. The number of aromatic hydroxyl groups is 1. The number of carbonyl (C=O) groups excluding carboxylic acids is 2. The quantitative estimate of drug-likeness (QED) is 0.152. The summed E-state index contributed by atoms with van der Waals surface area (Å²) >= 11 is 0. The van der Waals surface area contributed by atoms with Crippen LogP contribution in [0.2, 0.25) is 6.32 Å². The van der Waals surface area contributed by atoms with E-state index in [-0.39, 0.29) is 35.5 Å². The number of phenolic OH excluding ortho intramolecular Hbond substituents is 1. The number of allylic oxidation sites excluding steroid dienone is 2. The van der Waals surface area contributed by atoms with Crippen LogP contribution >= 0.6 is 0 Å². The van der Waals surface area contributed by atoms with E-state index < -0.39 is 19.0 Å². The van der Waals surface area contributed by atoms with Crippen LogP contribution in [0, 0.1) is 23.7 Å². The Kier molecular flexibility index (Phi) is 7.89. The molecule has 3 aliphatic rings. The second kappa shape index (κ2) is 11.7. The molecule has 2 saturated heterocycles. The van der Waals surface area contributed by atoms with Crippen molar-refractivity contribution in [3.63, 3.8) is 0 Å². The maximum absolute atomic E-state index is 13.9. The van der Waals surface area contributed by atoms with Crippen LogP contribution in [-0.4, -0.2) is 35.2 Å². The van der Waals surface area contributed by atoms with Gasteiger partial charge < -0.3 is 14.8 Å². The third-order valence-corrected chi connectivity index (χ3v) is 8.99. The summed E-state index contributed by atoms with van der Waals surface area (Å²) in [6, 6.07) is 26.5. The zero-order chi connectivity index (χ0) is 29.4. The highest BCUT2D eigenvalue weighted by atomic mass is 16.5. The van der Waals surface area contributed by atoms with E-state index in [2.05, 4.69) is 32.1 Å². The lowest BCUT2D eigenvalue weighted by molar-refractivity contribution is -0.122. The van der Waals surface area contributed by atoms with E-state index in [0.29, 0.717) is 31.3 Å². The molecule has 6 nitrogen and oxygen atoms in total. The minimum absolute atomic E-state index is 0.147. The number of nitrogens with zero attached hydrogens (tertiary/aromatic N) is 1. The lowest BCUT2D eigenvalue weighted by Gasteiger charge is -2.44. The molecule has 42 heavy (non-hydrogen) atoms. The molecule has 214 valence electrons. The molecule has 0 saturated carbocycles. The average Bonchev–Trinajstić information content (AvgIpc) is 3.24. The highest BCUT2D eigenvalue weighted by Gasteiger charge is 2.57. The van der Waals surface area contributed by atoms with Gasteiger partial charge in [-0.2, -0.15) is 0 Å². The van der Waals surface area contributed by atoms with Crippen LogP contribution in [-0.2, 0) is 14.2 Å². The standard InChI is InChI=1S/C35H36BNO5/c1-22(2)28-20-29-33(35(40)37(34(29)39)26-13-7-4-8-14-26)30-21-36(41)42-31(32(28)30)17-16-25(24-11-5-3-6-12-24)18-23-10-9-15-27(38)19-23/h3-15,18-19,22,29-31,33,38,41H,16-17,20-21H2,1-2H3/b25-18-/t29-,30+,31-,33-/m1/s1. The Bertz CT molecular complexity index is 1530. The topological polar surface area (TPSA) is 87.1 Å². The third kappa shape index (κ3) is 5.35. The summed E-state index contributed by atoms with van der Waals surface area (Å²) in [7, 11) is -1.01. The molecule has 4 atom stereocenters. The minimum Gasteiger partial charge on any atom is -0.508 e. The number of amides is 2. The van der Waals surface area contributed by atoms with Gasteiger partial charge in [0, 0.05) is 0 Å². The summed E-state index contributed by atoms with van der Waals surface area (Å²) in [5.74, 6) is -1.13. The predicted molar refractivity (Wildman–Crippen MR) is 165 cm³/mol.